The molecule has 1 unspecified atom stereocenters. The van der Waals surface area contributed by atoms with E-state index in [9.17, 15) is 0 Å². The Morgan fingerprint density at radius 3 is 2.94 bits per heavy atom. The second kappa shape index (κ2) is 6.18. The van der Waals surface area contributed by atoms with Crippen LogP contribution >= 0.6 is 0 Å². The molecule has 1 heterocycles. The molecule has 2 nitrogen and oxygen atoms in total. The minimum Gasteiger partial charge on any atom is -0.381 e. The molecular weight excluding hydrogens is 210 g/mol. The summed E-state index contributed by atoms with van der Waals surface area (Å²) in [6, 6.07) is 9.03. The Morgan fingerprint density at radius 1 is 1.41 bits per heavy atom. The van der Waals surface area contributed by atoms with Crippen molar-refractivity contribution in [3.63, 3.8) is 0 Å². The Hall–Kier alpha value is -0.860. The van der Waals surface area contributed by atoms with E-state index in [1.165, 1.54) is 24.0 Å². The highest BCUT2D eigenvalue weighted by Crippen LogP contribution is 2.18. The minimum atomic E-state index is 0.429. The molecule has 94 valence electrons. The van der Waals surface area contributed by atoms with Gasteiger partial charge in [0.2, 0.25) is 0 Å². The minimum absolute atomic E-state index is 0.429. The molecule has 0 aromatic heterocycles. The van der Waals surface area contributed by atoms with Gasteiger partial charge in [0.25, 0.3) is 0 Å². The van der Waals surface area contributed by atoms with E-state index in [1.807, 2.05) is 0 Å². The first-order valence-corrected chi connectivity index (χ1v) is 6.64. The smallest absolute Gasteiger partial charge is 0.0506 e. The SMILES string of the molecule is Cc1ccccc1[C@@H](C)NCC1CCCOC1. The molecule has 1 fully saturated rings. The Kier molecular flexibility index (Phi) is 4.57. The highest BCUT2D eigenvalue weighted by Gasteiger charge is 2.15. The van der Waals surface area contributed by atoms with Crippen molar-refractivity contribution in [2.75, 3.05) is 19.8 Å². The van der Waals surface area contributed by atoms with Crippen molar-refractivity contribution in [1.29, 1.82) is 0 Å². The molecule has 1 aromatic rings. The number of aryl methyl sites for hydroxylation is 1. The summed E-state index contributed by atoms with van der Waals surface area (Å²) in [6.45, 7) is 7.36. The summed E-state index contributed by atoms with van der Waals surface area (Å²) in [7, 11) is 0. The van der Waals surface area contributed by atoms with Crippen LogP contribution in [0.25, 0.3) is 0 Å². The van der Waals surface area contributed by atoms with Gasteiger partial charge in [-0.3, -0.25) is 0 Å². The van der Waals surface area contributed by atoms with Crippen molar-refractivity contribution in [3.05, 3.63) is 35.4 Å². The zero-order chi connectivity index (χ0) is 12.1. The van der Waals surface area contributed by atoms with Gasteiger partial charge in [-0.15, -0.1) is 0 Å². The van der Waals surface area contributed by atoms with Crippen LogP contribution in [0, 0.1) is 12.8 Å². The maximum atomic E-state index is 5.50. The first-order valence-electron chi connectivity index (χ1n) is 6.64. The highest BCUT2D eigenvalue weighted by molar-refractivity contribution is 5.28. The quantitative estimate of drug-likeness (QED) is 0.863. The Balaban J connectivity index is 1.84. The number of hydrogen-bond acceptors (Lipinski definition) is 2. The number of ether oxygens (including phenoxy) is 1. The molecule has 1 aromatic carbocycles. The van der Waals surface area contributed by atoms with Crippen LogP contribution in [0.4, 0.5) is 0 Å². The fourth-order valence-corrected chi connectivity index (χ4v) is 2.49. The predicted octanol–water partition coefficient (Wildman–Crippen LogP) is 3.07. The number of hydrogen-bond donors (Lipinski definition) is 1. The molecule has 0 aliphatic carbocycles. The summed E-state index contributed by atoms with van der Waals surface area (Å²) in [4.78, 5) is 0. The second-order valence-electron chi connectivity index (χ2n) is 5.07. The van der Waals surface area contributed by atoms with Gasteiger partial charge in [-0.25, -0.2) is 0 Å². The van der Waals surface area contributed by atoms with Gasteiger partial charge in [0.15, 0.2) is 0 Å². The van der Waals surface area contributed by atoms with Gasteiger partial charge in [-0.1, -0.05) is 24.3 Å². The first kappa shape index (κ1) is 12.6. The molecule has 2 atom stereocenters. The zero-order valence-corrected chi connectivity index (χ0v) is 10.9. The molecule has 0 amide bonds. The molecule has 1 aliphatic rings. The van der Waals surface area contributed by atoms with E-state index >= 15 is 0 Å². The van der Waals surface area contributed by atoms with E-state index in [0.29, 0.717) is 12.0 Å². The van der Waals surface area contributed by atoms with Crippen LogP contribution in [-0.4, -0.2) is 19.8 Å². The van der Waals surface area contributed by atoms with Crippen molar-refractivity contribution >= 4 is 0 Å². The second-order valence-corrected chi connectivity index (χ2v) is 5.07. The van der Waals surface area contributed by atoms with Gasteiger partial charge < -0.3 is 10.1 Å². The summed E-state index contributed by atoms with van der Waals surface area (Å²) >= 11 is 0. The maximum absolute atomic E-state index is 5.50. The van der Waals surface area contributed by atoms with Crippen LogP contribution in [0.2, 0.25) is 0 Å². The summed E-state index contributed by atoms with van der Waals surface area (Å²) < 4.78 is 5.50. The van der Waals surface area contributed by atoms with Gasteiger partial charge in [-0.2, -0.15) is 0 Å². The normalized spacial score (nSPS) is 22.4. The van der Waals surface area contributed by atoms with Gasteiger partial charge in [0.05, 0.1) is 6.61 Å². The highest BCUT2D eigenvalue weighted by atomic mass is 16.5. The summed E-state index contributed by atoms with van der Waals surface area (Å²) in [5, 5.41) is 3.63. The standard InChI is InChI=1S/C15H23NO/c1-12-6-3-4-8-15(12)13(2)16-10-14-7-5-9-17-11-14/h3-4,6,8,13-14,16H,5,7,9-11H2,1-2H3/t13-,14?/m1/s1. The molecule has 2 heteroatoms. The summed E-state index contributed by atoms with van der Waals surface area (Å²) in [5.41, 5.74) is 2.77. The van der Waals surface area contributed by atoms with Crippen LogP contribution in [0.5, 0.6) is 0 Å². The van der Waals surface area contributed by atoms with Crippen molar-refractivity contribution < 1.29 is 4.74 Å². The molecule has 17 heavy (non-hydrogen) atoms. The lowest BCUT2D eigenvalue weighted by atomic mass is 9.99. The van der Waals surface area contributed by atoms with Crippen LogP contribution in [0.15, 0.2) is 24.3 Å². The van der Waals surface area contributed by atoms with Gasteiger partial charge in [-0.05, 0) is 43.7 Å². The van der Waals surface area contributed by atoms with E-state index in [4.69, 9.17) is 4.74 Å². The van der Waals surface area contributed by atoms with Crippen molar-refractivity contribution in [2.45, 2.75) is 32.7 Å². The van der Waals surface area contributed by atoms with E-state index in [0.717, 1.165) is 19.8 Å². The zero-order valence-electron chi connectivity index (χ0n) is 10.9. The third-order valence-corrected chi connectivity index (χ3v) is 3.62. The first-order chi connectivity index (χ1) is 8.27. The van der Waals surface area contributed by atoms with Crippen LogP contribution in [-0.2, 0) is 4.74 Å². The van der Waals surface area contributed by atoms with Crippen molar-refractivity contribution in [2.24, 2.45) is 5.92 Å². The molecule has 1 aliphatic heterocycles. The molecule has 0 saturated carbocycles. The number of benzene rings is 1. The van der Waals surface area contributed by atoms with Crippen molar-refractivity contribution in [1.82, 2.24) is 5.32 Å². The molecule has 0 radical (unpaired) electrons. The van der Waals surface area contributed by atoms with Crippen LogP contribution in [0.3, 0.4) is 0 Å². The maximum Gasteiger partial charge on any atom is 0.0506 e. The number of nitrogens with one attached hydrogen (secondary N) is 1. The van der Waals surface area contributed by atoms with E-state index in [2.05, 4.69) is 43.4 Å². The average Bonchev–Trinajstić information content (AvgIpc) is 2.38. The summed E-state index contributed by atoms with van der Waals surface area (Å²) in [6.07, 6.45) is 2.51. The Bertz CT molecular complexity index is 345. The van der Waals surface area contributed by atoms with E-state index < -0.39 is 0 Å². The van der Waals surface area contributed by atoms with Crippen LogP contribution < -0.4 is 5.32 Å². The molecule has 0 bridgehead atoms. The predicted molar refractivity (Wildman–Crippen MR) is 71.1 cm³/mol. The molecule has 2 rings (SSSR count). The van der Waals surface area contributed by atoms with E-state index in [1.54, 1.807) is 0 Å². The fraction of sp³-hybridized carbons (Fsp3) is 0.600. The van der Waals surface area contributed by atoms with Gasteiger partial charge in [0, 0.05) is 19.2 Å². The largest absolute Gasteiger partial charge is 0.381 e. The molecule has 1 saturated heterocycles. The lowest BCUT2D eigenvalue weighted by Crippen LogP contribution is -2.31. The fourth-order valence-electron chi connectivity index (χ4n) is 2.49. The van der Waals surface area contributed by atoms with Crippen LogP contribution in [0.1, 0.15) is 36.9 Å². The molecule has 1 N–H and O–H groups in total. The Labute approximate surface area is 104 Å². The molecule has 0 spiro atoms. The third-order valence-electron chi connectivity index (χ3n) is 3.62. The van der Waals surface area contributed by atoms with Crippen molar-refractivity contribution in [3.8, 4) is 0 Å². The molecular formula is C15H23NO. The monoisotopic (exact) mass is 233 g/mol. The third kappa shape index (κ3) is 3.55. The lowest BCUT2D eigenvalue weighted by Gasteiger charge is -2.25. The summed E-state index contributed by atoms with van der Waals surface area (Å²) in [5.74, 6) is 0.690. The van der Waals surface area contributed by atoms with Gasteiger partial charge >= 0.3 is 0 Å². The topological polar surface area (TPSA) is 21.3 Å². The Morgan fingerprint density at radius 2 is 2.24 bits per heavy atom. The number of rotatable bonds is 4. The van der Waals surface area contributed by atoms with E-state index in [-0.39, 0.29) is 0 Å². The average molecular weight is 233 g/mol. The van der Waals surface area contributed by atoms with Gasteiger partial charge in [0.1, 0.15) is 0 Å². The lowest BCUT2D eigenvalue weighted by molar-refractivity contribution is 0.0540.